The van der Waals surface area contributed by atoms with Gasteiger partial charge in [-0.15, -0.1) is 0 Å². The summed E-state index contributed by atoms with van der Waals surface area (Å²) >= 11 is 3.48. The van der Waals surface area contributed by atoms with Gasteiger partial charge in [-0.05, 0) is 31.0 Å². The normalized spacial score (nSPS) is 15.7. The molecule has 1 saturated heterocycles. The molecule has 0 unspecified atom stereocenters. The number of hydrogen-bond acceptors (Lipinski definition) is 4. The van der Waals surface area contributed by atoms with E-state index in [1.807, 2.05) is 18.2 Å². The summed E-state index contributed by atoms with van der Waals surface area (Å²) < 4.78 is 11.2. The van der Waals surface area contributed by atoms with Crippen LogP contribution in [0, 0.1) is 0 Å². The molecule has 1 aliphatic rings. The zero-order valence-corrected chi connectivity index (χ0v) is 16.4. The lowest BCUT2D eigenvalue weighted by atomic mass is 10.1. The Kier molecular flexibility index (Phi) is 7.36. The number of halogens is 1. The van der Waals surface area contributed by atoms with Crippen LogP contribution in [-0.4, -0.2) is 57.4 Å². The molecule has 1 aromatic rings. The third-order valence-corrected chi connectivity index (χ3v) is 4.67. The minimum Gasteiger partial charge on any atom is -0.496 e. The predicted molar refractivity (Wildman–Crippen MR) is 101 cm³/mol. The molecule has 0 bridgehead atoms. The Hall–Kier alpha value is -1.96. The number of rotatable bonds is 4. The minimum atomic E-state index is -0.261. The molecular formula is C17H25BrN4O3. The third-order valence-electron chi connectivity index (χ3n) is 4.18. The van der Waals surface area contributed by atoms with E-state index < -0.39 is 0 Å². The van der Waals surface area contributed by atoms with Crippen LogP contribution in [0.25, 0.3) is 0 Å². The van der Waals surface area contributed by atoms with Crippen LogP contribution in [0.5, 0.6) is 5.75 Å². The van der Waals surface area contributed by atoms with Gasteiger partial charge >= 0.3 is 6.09 Å². The molecule has 0 aliphatic carbocycles. The molecule has 1 aliphatic heterocycles. The van der Waals surface area contributed by atoms with Gasteiger partial charge in [-0.1, -0.05) is 15.9 Å². The van der Waals surface area contributed by atoms with Crippen molar-refractivity contribution in [2.45, 2.75) is 25.4 Å². The maximum atomic E-state index is 11.5. The Morgan fingerprint density at radius 1 is 1.36 bits per heavy atom. The van der Waals surface area contributed by atoms with E-state index in [1.165, 1.54) is 7.11 Å². The summed E-state index contributed by atoms with van der Waals surface area (Å²) in [5.41, 5.74) is 1.04. The Morgan fingerprint density at radius 3 is 2.68 bits per heavy atom. The first-order valence-corrected chi connectivity index (χ1v) is 8.99. The maximum Gasteiger partial charge on any atom is 0.409 e. The van der Waals surface area contributed by atoms with E-state index in [0.717, 1.165) is 34.6 Å². The summed E-state index contributed by atoms with van der Waals surface area (Å²) in [6.07, 6.45) is 1.45. The molecule has 2 N–H and O–H groups in total. The zero-order valence-electron chi connectivity index (χ0n) is 14.8. The topological polar surface area (TPSA) is 75.2 Å². The maximum absolute atomic E-state index is 11.5. The number of carbonyl (C=O) groups is 1. The van der Waals surface area contributed by atoms with Gasteiger partial charge in [0.25, 0.3) is 0 Å². The van der Waals surface area contributed by atoms with Crippen molar-refractivity contribution in [2.75, 3.05) is 34.4 Å². The van der Waals surface area contributed by atoms with Gasteiger partial charge in [0.05, 0.1) is 14.2 Å². The fourth-order valence-electron chi connectivity index (χ4n) is 2.79. The lowest BCUT2D eigenvalue weighted by Gasteiger charge is -2.32. The molecule has 8 heteroatoms. The fourth-order valence-corrected chi connectivity index (χ4v) is 3.20. The Bertz CT molecular complexity index is 616. The highest BCUT2D eigenvalue weighted by atomic mass is 79.9. The van der Waals surface area contributed by atoms with Gasteiger partial charge in [0.2, 0.25) is 0 Å². The second kappa shape index (κ2) is 9.50. The second-order valence-corrected chi connectivity index (χ2v) is 6.67. The lowest BCUT2D eigenvalue weighted by molar-refractivity contribution is 0.111. The van der Waals surface area contributed by atoms with Crippen LogP contribution < -0.4 is 15.4 Å². The molecule has 1 fully saturated rings. The Morgan fingerprint density at radius 2 is 2.08 bits per heavy atom. The standard InChI is InChI=1S/C17H25BrN4O3/c1-19-16(20-11-12-10-13(18)4-5-15(12)24-2)21-14-6-8-22(9-7-14)17(23)25-3/h4-5,10,14H,6-9,11H2,1-3H3,(H2,19,20,21). The van der Waals surface area contributed by atoms with Crippen molar-refractivity contribution in [1.29, 1.82) is 0 Å². The van der Waals surface area contributed by atoms with Crippen LogP contribution in [-0.2, 0) is 11.3 Å². The minimum absolute atomic E-state index is 0.261. The fraction of sp³-hybridized carbons (Fsp3) is 0.529. The van der Waals surface area contributed by atoms with Crippen LogP contribution in [0.15, 0.2) is 27.7 Å². The van der Waals surface area contributed by atoms with Crippen molar-refractivity contribution < 1.29 is 14.3 Å². The molecule has 7 nitrogen and oxygen atoms in total. The van der Waals surface area contributed by atoms with E-state index in [4.69, 9.17) is 9.47 Å². The summed E-state index contributed by atoms with van der Waals surface area (Å²) in [4.78, 5) is 17.5. The number of ether oxygens (including phenoxy) is 2. The number of benzene rings is 1. The summed E-state index contributed by atoms with van der Waals surface area (Å²) in [5.74, 6) is 1.57. The zero-order chi connectivity index (χ0) is 18.2. The molecule has 0 radical (unpaired) electrons. The SMILES string of the molecule is CN=C(NCc1cc(Br)ccc1OC)NC1CCN(C(=O)OC)CC1. The van der Waals surface area contributed by atoms with Crippen LogP contribution in [0.1, 0.15) is 18.4 Å². The average molecular weight is 413 g/mol. The molecule has 25 heavy (non-hydrogen) atoms. The molecule has 2 rings (SSSR count). The van der Waals surface area contributed by atoms with Crippen molar-refractivity contribution in [3.63, 3.8) is 0 Å². The van der Waals surface area contributed by atoms with Crippen LogP contribution >= 0.6 is 15.9 Å². The van der Waals surface area contributed by atoms with Gasteiger partial charge in [-0.2, -0.15) is 0 Å². The molecule has 138 valence electrons. The van der Waals surface area contributed by atoms with Crippen molar-refractivity contribution in [1.82, 2.24) is 15.5 Å². The van der Waals surface area contributed by atoms with Crippen LogP contribution in [0.4, 0.5) is 4.79 Å². The molecule has 0 spiro atoms. The number of nitrogens with one attached hydrogen (secondary N) is 2. The summed E-state index contributed by atoms with van der Waals surface area (Å²) in [7, 11) is 4.82. The number of piperidine rings is 1. The first-order chi connectivity index (χ1) is 12.1. The van der Waals surface area contributed by atoms with Gasteiger partial charge in [0, 0.05) is 42.8 Å². The van der Waals surface area contributed by atoms with E-state index in [9.17, 15) is 4.79 Å². The molecule has 1 aromatic carbocycles. The van der Waals surface area contributed by atoms with Crippen molar-refractivity contribution in [3.05, 3.63) is 28.2 Å². The molecular weight excluding hydrogens is 388 g/mol. The lowest BCUT2D eigenvalue weighted by Crippen LogP contribution is -2.49. The molecule has 0 atom stereocenters. The number of aliphatic imine (C=N–C) groups is 1. The summed E-state index contributed by atoms with van der Waals surface area (Å²) in [6, 6.07) is 6.18. The molecule has 1 heterocycles. The van der Waals surface area contributed by atoms with Crippen LogP contribution in [0.2, 0.25) is 0 Å². The van der Waals surface area contributed by atoms with Gasteiger partial charge in [-0.25, -0.2) is 4.79 Å². The summed E-state index contributed by atoms with van der Waals surface area (Å²) in [6.45, 7) is 1.96. The second-order valence-electron chi connectivity index (χ2n) is 5.76. The predicted octanol–water partition coefficient (Wildman–Crippen LogP) is 2.35. The van der Waals surface area contributed by atoms with E-state index >= 15 is 0 Å². The Balaban J connectivity index is 1.86. The number of carbonyl (C=O) groups excluding carboxylic acids is 1. The van der Waals surface area contributed by atoms with Crippen LogP contribution in [0.3, 0.4) is 0 Å². The number of guanidine groups is 1. The van der Waals surface area contributed by atoms with Gasteiger partial charge in [0.1, 0.15) is 5.75 Å². The molecule has 1 amide bonds. The van der Waals surface area contributed by atoms with Crippen molar-refractivity contribution >= 4 is 28.0 Å². The highest BCUT2D eigenvalue weighted by molar-refractivity contribution is 9.10. The first-order valence-electron chi connectivity index (χ1n) is 8.20. The van der Waals surface area contributed by atoms with Crippen molar-refractivity contribution in [3.8, 4) is 5.75 Å². The van der Waals surface area contributed by atoms with Gasteiger partial charge in [-0.3, -0.25) is 4.99 Å². The summed E-state index contributed by atoms with van der Waals surface area (Å²) in [5, 5.41) is 6.73. The molecule has 0 saturated carbocycles. The van der Waals surface area contributed by atoms with Crippen molar-refractivity contribution in [2.24, 2.45) is 4.99 Å². The quantitative estimate of drug-likeness (QED) is 0.586. The average Bonchev–Trinajstić information content (AvgIpc) is 2.65. The van der Waals surface area contributed by atoms with Gasteiger partial charge < -0.3 is 25.0 Å². The monoisotopic (exact) mass is 412 g/mol. The van der Waals surface area contributed by atoms with E-state index in [2.05, 4.69) is 31.6 Å². The number of methoxy groups -OCH3 is 2. The molecule has 0 aromatic heterocycles. The smallest absolute Gasteiger partial charge is 0.409 e. The number of likely N-dealkylation sites (tertiary alicyclic amines) is 1. The highest BCUT2D eigenvalue weighted by Gasteiger charge is 2.23. The largest absolute Gasteiger partial charge is 0.496 e. The van der Waals surface area contributed by atoms with E-state index in [-0.39, 0.29) is 12.1 Å². The first kappa shape index (κ1) is 19.4. The van der Waals surface area contributed by atoms with Gasteiger partial charge in [0.15, 0.2) is 5.96 Å². The van der Waals surface area contributed by atoms with E-state index in [0.29, 0.717) is 19.6 Å². The number of amides is 1. The van der Waals surface area contributed by atoms with E-state index in [1.54, 1.807) is 19.1 Å². The number of hydrogen-bond donors (Lipinski definition) is 2. The Labute approximate surface area is 156 Å². The third kappa shape index (κ3) is 5.52. The number of nitrogens with zero attached hydrogens (tertiary/aromatic N) is 2. The highest BCUT2D eigenvalue weighted by Crippen LogP contribution is 2.22.